The van der Waals surface area contributed by atoms with Crippen LogP contribution in [0.5, 0.6) is 0 Å². The summed E-state index contributed by atoms with van der Waals surface area (Å²) in [5, 5.41) is 11.7. The van der Waals surface area contributed by atoms with Crippen LogP contribution in [-0.2, 0) is 6.54 Å². The van der Waals surface area contributed by atoms with Crippen molar-refractivity contribution in [2.45, 2.75) is 13.5 Å². The van der Waals surface area contributed by atoms with Gasteiger partial charge in [0.2, 0.25) is 0 Å². The molecule has 0 radical (unpaired) electrons. The predicted molar refractivity (Wildman–Crippen MR) is 71.4 cm³/mol. The fraction of sp³-hybridized carbons (Fsp3) is 0.154. The Morgan fingerprint density at radius 1 is 1.32 bits per heavy atom. The number of nitrogens with one attached hydrogen (secondary N) is 1. The van der Waals surface area contributed by atoms with Gasteiger partial charge in [-0.1, -0.05) is 12.1 Å². The Kier molecular flexibility index (Phi) is 3.91. The van der Waals surface area contributed by atoms with Crippen molar-refractivity contribution in [1.29, 1.82) is 0 Å². The number of amides is 1. The molecule has 2 aromatic rings. The smallest absolute Gasteiger partial charge is 0.336 e. The molecule has 0 saturated heterocycles. The number of carbonyl (C=O) groups is 2. The highest BCUT2D eigenvalue weighted by molar-refractivity contribution is 7.09. The maximum atomic E-state index is 12.0. The molecule has 1 aromatic heterocycles. The van der Waals surface area contributed by atoms with Crippen LogP contribution in [0.25, 0.3) is 0 Å². The Morgan fingerprint density at radius 3 is 2.58 bits per heavy atom. The number of thiazole rings is 1. The number of benzene rings is 1. The first-order valence-corrected chi connectivity index (χ1v) is 6.47. The Balaban J connectivity index is 2.13. The Morgan fingerprint density at radius 2 is 2.00 bits per heavy atom. The molecule has 19 heavy (non-hydrogen) atoms. The lowest BCUT2D eigenvalue weighted by molar-refractivity contribution is 0.0691. The molecule has 1 amide bonds. The highest BCUT2D eigenvalue weighted by Gasteiger charge is 2.15. The second kappa shape index (κ2) is 5.62. The quantitative estimate of drug-likeness (QED) is 0.896. The van der Waals surface area contributed by atoms with Gasteiger partial charge in [-0.05, 0) is 19.1 Å². The van der Waals surface area contributed by atoms with Gasteiger partial charge in [-0.25, -0.2) is 9.78 Å². The normalized spacial score (nSPS) is 10.2. The molecular weight excluding hydrogens is 264 g/mol. The molecule has 0 aliphatic rings. The van der Waals surface area contributed by atoms with E-state index in [9.17, 15) is 9.59 Å². The zero-order chi connectivity index (χ0) is 13.8. The van der Waals surface area contributed by atoms with Gasteiger partial charge in [-0.2, -0.15) is 0 Å². The summed E-state index contributed by atoms with van der Waals surface area (Å²) in [4.78, 5) is 28.1. The molecule has 2 rings (SSSR count). The summed E-state index contributed by atoms with van der Waals surface area (Å²) >= 11 is 1.46. The van der Waals surface area contributed by atoms with Crippen molar-refractivity contribution < 1.29 is 14.7 Å². The molecule has 0 fully saturated rings. The molecule has 5 nitrogen and oxygen atoms in total. The van der Waals surface area contributed by atoms with E-state index in [-0.39, 0.29) is 11.1 Å². The van der Waals surface area contributed by atoms with Crippen molar-refractivity contribution in [1.82, 2.24) is 10.3 Å². The average Bonchev–Trinajstić information content (AvgIpc) is 2.81. The van der Waals surface area contributed by atoms with E-state index in [1.165, 1.54) is 23.5 Å². The minimum absolute atomic E-state index is 0.000950. The van der Waals surface area contributed by atoms with Crippen LogP contribution in [0.2, 0.25) is 0 Å². The topological polar surface area (TPSA) is 79.3 Å². The van der Waals surface area contributed by atoms with E-state index in [0.717, 1.165) is 10.6 Å². The highest BCUT2D eigenvalue weighted by atomic mass is 32.1. The van der Waals surface area contributed by atoms with Gasteiger partial charge in [0, 0.05) is 4.88 Å². The lowest BCUT2D eigenvalue weighted by Crippen LogP contribution is -2.24. The van der Waals surface area contributed by atoms with Crippen LogP contribution < -0.4 is 5.32 Å². The van der Waals surface area contributed by atoms with Gasteiger partial charge >= 0.3 is 5.97 Å². The third kappa shape index (κ3) is 2.97. The molecule has 98 valence electrons. The van der Waals surface area contributed by atoms with E-state index >= 15 is 0 Å². The van der Waals surface area contributed by atoms with Crippen molar-refractivity contribution in [3.05, 3.63) is 51.5 Å². The van der Waals surface area contributed by atoms with E-state index in [1.807, 2.05) is 6.92 Å². The molecule has 1 heterocycles. The Bertz CT molecular complexity index is 622. The zero-order valence-electron chi connectivity index (χ0n) is 10.2. The first-order valence-electron chi connectivity index (χ1n) is 5.59. The van der Waals surface area contributed by atoms with Crippen molar-refractivity contribution in [3.63, 3.8) is 0 Å². The molecule has 6 heteroatoms. The number of carbonyl (C=O) groups excluding carboxylic acids is 1. The van der Waals surface area contributed by atoms with Crippen LogP contribution in [0, 0.1) is 6.92 Å². The van der Waals surface area contributed by atoms with Gasteiger partial charge < -0.3 is 10.4 Å². The van der Waals surface area contributed by atoms with Gasteiger partial charge in [-0.15, -0.1) is 11.3 Å². The molecule has 0 aliphatic heterocycles. The molecule has 1 aromatic carbocycles. The van der Waals surface area contributed by atoms with Crippen molar-refractivity contribution in [2.24, 2.45) is 0 Å². The molecule has 0 spiro atoms. The molecule has 0 unspecified atom stereocenters. The minimum Gasteiger partial charge on any atom is -0.478 e. The SMILES string of the molecule is Cc1ncsc1CNC(=O)c1ccccc1C(=O)O. The third-order valence-corrected chi connectivity index (χ3v) is 3.59. The fourth-order valence-electron chi connectivity index (χ4n) is 1.62. The summed E-state index contributed by atoms with van der Waals surface area (Å²) in [5.41, 5.74) is 2.75. The van der Waals surface area contributed by atoms with E-state index in [0.29, 0.717) is 6.54 Å². The molecule has 0 atom stereocenters. The molecule has 0 aliphatic carbocycles. The van der Waals surface area contributed by atoms with Gasteiger partial charge in [0.15, 0.2) is 0 Å². The van der Waals surface area contributed by atoms with Crippen LogP contribution in [0.4, 0.5) is 0 Å². The summed E-state index contributed by atoms with van der Waals surface area (Å²) in [5.74, 6) is -1.51. The first-order chi connectivity index (χ1) is 9.09. The number of aryl methyl sites for hydroxylation is 1. The van der Waals surface area contributed by atoms with E-state index < -0.39 is 11.9 Å². The largest absolute Gasteiger partial charge is 0.478 e. The summed E-state index contributed by atoms with van der Waals surface area (Å²) < 4.78 is 0. The third-order valence-electron chi connectivity index (χ3n) is 2.66. The number of aromatic carboxylic acids is 1. The lowest BCUT2D eigenvalue weighted by Gasteiger charge is -2.07. The Labute approximate surface area is 113 Å². The van der Waals surface area contributed by atoms with E-state index in [1.54, 1.807) is 17.6 Å². The summed E-state index contributed by atoms with van der Waals surface area (Å²) in [6.07, 6.45) is 0. The van der Waals surface area contributed by atoms with Gasteiger partial charge in [0.1, 0.15) is 0 Å². The van der Waals surface area contributed by atoms with Crippen LogP contribution >= 0.6 is 11.3 Å². The van der Waals surface area contributed by atoms with Crippen LogP contribution in [-0.4, -0.2) is 22.0 Å². The molecular formula is C13H12N2O3S. The summed E-state index contributed by atoms with van der Waals surface area (Å²) in [6.45, 7) is 2.21. The maximum absolute atomic E-state index is 12.0. The number of aromatic nitrogens is 1. The second-order valence-electron chi connectivity index (χ2n) is 3.89. The average molecular weight is 276 g/mol. The Hall–Kier alpha value is -2.21. The summed E-state index contributed by atoms with van der Waals surface area (Å²) in [6, 6.07) is 6.14. The molecule has 2 N–H and O–H groups in total. The summed E-state index contributed by atoms with van der Waals surface area (Å²) in [7, 11) is 0. The van der Waals surface area contributed by atoms with Gasteiger partial charge in [-0.3, -0.25) is 4.79 Å². The lowest BCUT2D eigenvalue weighted by atomic mass is 10.1. The first kappa shape index (κ1) is 13.2. The second-order valence-corrected chi connectivity index (χ2v) is 4.83. The maximum Gasteiger partial charge on any atom is 0.336 e. The van der Waals surface area contributed by atoms with E-state index in [2.05, 4.69) is 10.3 Å². The number of hydrogen-bond donors (Lipinski definition) is 2. The van der Waals surface area contributed by atoms with E-state index in [4.69, 9.17) is 5.11 Å². The van der Waals surface area contributed by atoms with Crippen LogP contribution in [0.15, 0.2) is 29.8 Å². The monoisotopic (exact) mass is 276 g/mol. The minimum atomic E-state index is -1.11. The van der Waals surface area contributed by atoms with Crippen molar-refractivity contribution >= 4 is 23.2 Å². The highest BCUT2D eigenvalue weighted by Crippen LogP contribution is 2.13. The molecule has 0 bridgehead atoms. The number of rotatable bonds is 4. The van der Waals surface area contributed by atoms with Crippen molar-refractivity contribution in [3.8, 4) is 0 Å². The molecule has 0 saturated carbocycles. The standard InChI is InChI=1S/C13H12N2O3S/c1-8-11(19-7-15-8)6-14-12(16)9-4-2-3-5-10(9)13(17)18/h2-5,7H,6H2,1H3,(H,14,16)(H,17,18). The van der Waals surface area contributed by atoms with Crippen LogP contribution in [0.1, 0.15) is 31.3 Å². The van der Waals surface area contributed by atoms with Gasteiger partial charge in [0.25, 0.3) is 5.91 Å². The number of carboxylic acids is 1. The number of hydrogen-bond acceptors (Lipinski definition) is 4. The fourth-order valence-corrected chi connectivity index (χ4v) is 2.34. The van der Waals surface area contributed by atoms with Crippen LogP contribution in [0.3, 0.4) is 0 Å². The zero-order valence-corrected chi connectivity index (χ0v) is 11.0. The predicted octanol–water partition coefficient (Wildman–Crippen LogP) is 2.08. The van der Waals surface area contributed by atoms with Crippen molar-refractivity contribution in [2.75, 3.05) is 0 Å². The number of carboxylic acid groups (broad SMARTS) is 1. The van der Waals surface area contributed by atoms with Gasteiger partial charge in [0.05, 0.1) is 28.9 Å². The number of nitrogens with zero attached hydrogens (tertiary/aromatic N) is 1.